The second-order valence-corrected chi connectivity index (χ2v) is 5.17. The van der Waals surface area contributed by atoms with Gasteiger partial charge in [-0.15, -0.1) is 0 Å². The van der Waals surface area contributed by atoms with E-state index in [1.807, 2.05) is 0 Å². The van der Waals surface area contributed by atoms with E-state index in [9.17, 15) is 9.50 Å². The van der Waals surface area contributed by atoms with Crippen molar-refractivity contribution in [3.05, 3.63) is 52.3 Å². The Bertz CT molecular complexity index is 594. The molecule has 0 aromatic heterocycles. The summed E-state index contributed by atoms with van der Waals surface area (Å²) in [6.07, 6.45) is -0.766. The quantitative estimate of drug-likeness (QED) is 0.893. The molecule has 0 radical (unpaired) electrons. The highest BCUT2D eigenvalue weighted by molar-refractivity contribution is 9.10. The molecule has 2 aromatic carbocycles. The molecule has 0 aliphatic heterocycles. The fourth-order valence-electron chi connectivity index (χ4n) is 1.92. The Labute approximate surface area is 125 Å². The Kier molecular flexibility index (Phi) is 4.62. The molecule has 0 amide bonds. The molecule has 20 heavy (non-hydrogen) atoms. The van der Waals surface area contributed by atoms with Crippen LogP contribution >= 0.6 is 15.9 Å². The standard InChI is InChI=1S/C15H14BrFO3/c1-9(18)15-13(19-2)4-3-5-14(15)20-12-7-10(16)6-11(17)8-12/h3-9,18H,1-2H3. The van der Waals surface area contributed by atoms with Crippen LogP contribution in [0.15, 0.2) is 40.9 Å². The van der Waals surface area contributed by atoms with Crippen molar-refractivity contribution in [2.75, 3.05) is 7.11 Å². The van der Waals surface area contributed by atoms with Gasteiger partial charge in [-0.25, -0.2) is 4.39 Å². The van der Waals surface area contributed by atoms with Crippen molar-refractivity contribution in [1.82, 2.24) is 0 Å². The van der Waals surface area contributed by atoms with E-state index < -0.39 is 11.9 Å². The molecule has 0 bridgehead atoms. The minimum atomic E-state index is -0.766. The molecular formula is C15H14BrFO3. The molecular weight excluding hydrogens is 327 g/mol. The first-order valence-corrected chi connectivity index (χ1v) is 6.79. The summed E-state index contributed by atoms with van der Waals surface area (Å²) in [5.41, 5.74) is 0.524. The molecule has 0 saturated heterocycles. The highest BCUT2D eigenvalue weighted by Crippen LogP contribution is 2.37. The summed E-state index contributed by atoms with van der Waals surface area (Å²) in [5.74, 6) is 0.882. The number of aliphatic hydroxyl groups is 1. The monoisotopic (exact) mass is 340 g/mol. The van der Waals surface area contributed by atoms with Crippen LogP contribution in [-0.2, 0) is 0 Å². The summed E-state index contributed by atoms with van der Waals surface area (Å²) in [4.78, 5) is 0. The van der Waals surface area contributed by atoms with Crippen LogP contribution in [0.4, 0.5) is 4.39 Å². The third-order valence-corrected chi connectivity index (χ3v) is 3.19. The molecule has 0 aliphatic carbocycles. The summed E-state index contributed by atoms with van der Waals surface area (Å²) in [6, 6.07) is 9.44. The maximum absolute atomic E-state index is 13.4. The van der Waals surface area contributed by atoms with Crippen LogP contribution in [-0.4, -0.2) is 12.2 Å². The average Bonchev–Trinajstić information content (AvgIpc) is 2.36. The van der Waals surface area contributed by atoms with Crippen LogP contribution in [0.1, 0.15) is 18.6 Å². The lowest BCUT2D eigenvalue weighted by molar-refractivity contribution is 0.190. The number of benzene rings is 2. The van der Waals surface area contributed by atoms with E-state index >= 15 is 0 Å². The first kappa shape index (κ1) is 14.8. The van der Waals surface area contributed by atoms with Gasteiger partial charge >= 0.3 is 0 Å². The minimum absolute atomic E-state index is 0.340. The van der Waals surface area contributed by atoms with E-state index in [2.05, 4.69) is 15.9 Å². The zero-order valence-corrected chi connectivity index (χ0v) is 12.6. The molecule has 1 atom stereocenters. The molecule has 0 saturated carbocycles. The van der Waals surface area contributed by atoms with Gasteiger partial charge in [-0.2, -0.15) is 0 Å². The molecule has 1 N–H and O–H groups in total. The maximum Gasteiger partial charge on any atom is 0.136 e. The smallest absolute Gasteiger partial charge is 0.136 e. The number of hydrogen-bond acceptors (Lipinski definition) is 3. The third-order valence-electron chi connectivity index (χ3n) is 2.73. The largest absolute Gasteiger partial charge is 0.496 e. The lowest BCUT2D eigenvalue weighted by atomic mass is 10.1. The van der Waals surface area contributed by atoms with Gasteiger partial charge < -0.3 is 14.6 Å². The predicted molar refractivity (Wildman–Crippen MR) is 77.8 cm³/mol. The molecule has 0 aliphatic rings. The zero-order valence-electron chi connectivity index (χ0n) is 11.1. The van der Waals surface area contributed by atoms with Crippen molar-refractivity contribution >= 4 is 15.9 Å². The molecule has 3 nitrogen and oxygen atoms in total. The summed E-state index contributed by atoms with van der Waals surface area (Å²) < 4.78 is 24.8. The SMILES string of the molecule is COc1cccc(Oc2cc(F)cc(Br)c2)c1C(C)O. The Hall–Kier alpha value is -1.59. The van der Waals surface area contributed by atoms with Gasteiger partial charge in [0, 0.05) is 10.5 Å². The fourth-order valence-corrected chi connectivity index (χ4v) is 2.36. The predicted octanol–water partition coefficient (Wildman–Crippen LogP) is 4.44. The highest BCUT2D eigenvalue weighted by Gasteiger charge is 2.16. The second kappa shape index (κ2) is 6.24. The van der Waals surface area contributed by atoms with Crippen molar-refractivity contribution in [1.29, 1.82) is 0 Å². The second-order valence-electron chi connectivity index (χ2n) is 4.26. The van der Waals surface area contributed by atoms with Gasteiger partial charge in [0.25, 0.3) is 0 Å². The maximum atomic E-state index is 13.4. The zero-order chi connectivity index (χ0) is 14.7. The molecule has 5 heteroatoms. The number of ether oxygens (including phenoxy) is 2. The molecule has 106 valence electrons. The van der Waals surface area contributed by atoms with E-state index in [0.29, 0.717) is 27.3 Å². The van der Waals surface area contributed by atoms with Gasteiger partial charge in [0.15, 0.2) is 0 Å². The van der Waals surface area contributed by atoms with Gasteiger partial charge in [0.05, 0.1) is 18.8 Å². The molecule has 2 aromatic rings. The summed E-state index contributed by atoms with van der Waals surface area (Å²) in [5, 5.41) is 9.86. The van der Waals surface area contributed by atoms with Crippen LogP contribution < -0.4 is 9.47 Å². The van der Waals surface area contributed by atoms with Gasteiger partial charge in [-0.1, -0.05) is 22.0 Å². The van der Waals surface area contributed by atoms with Crippen molar-refractivity contribution in [3.63, 3.8) is 0 Å². The normalized spacial score (nSPS) is 12.1. The van der Waals surface area contributed by atoms with Gasteiger partial charge in [0.1, 0.15) is 23.1 Å². The van der Waals surface area contributed by atoms with Crippen LogP contribution in [0.2, 0.25) is 0 Å². The van der Waals surface area contributed by atoms with Gasteiger partial charge in [-0.3, -0.25) is 0 Å². The number of aliphatic hydroxyl groups excluding tert-OH is 1. The van der Waals surface area contributed by atoms with Crippen LogP contribution in [0.3, 0.4) is 0 Å². The number of hydrogen-bond donors (Lipinski definition) is 1. The summed E-state index contributed by atoms with van der Waals surface area (Å²) in [7, 11) is 1.52. The topological polar surface area (TPSA) is 38.7 Å². The van der Waals surface area contributed by atoms with Gasteiger partial charge in [-0.05, 0) is 31.2 Å². The van der Waals surface area contributed by atoms with Crippen LogP contribution in [0, 0.1) is 5.82 Å². The summed E-state index contributed by atoms with van der Waals surface area (Å²) in [6.45, 7) is 1.62. The summed E-state index contributed by atoms with van der Waals surface area (Å²) >= 11 is 3.21. The van der Waals surface area contributed by atoms with E-state index in [0.717, 1.165) is 0 Å². The fraction of sp³-hybridized carbons (Fsp3) is 0.200. The lowest BCUT2D eigenvalue weighted by Crippen LogP contribution is -2.00. The Balaban J connectivity index is 2.42. The Morgan fingerprint density at radius 2 is 1.90 bits per heavy atom. The Morgan fingerprint density at radius 3 is 2.50 bits per heavy atom. The van der Waals surface area contributed by atoms with Crippen LogP contribution in [0.5, 0.6) is 17.2 Å². The molecule has 0 spiro atoms. The average molecular weight is 341 g/mol. The van der Waals surface area contributed by atoms with Crippen molar-refractivity contribution in [2.45, 2.75) is 13.0 Å². The molecule has 0 heterocycles. The molecule has 2 rings (SSSR count). The van der Waals surface area contributed by atoms with Crippen molar-refractivity contribution in [2.24, 2.45) is 0 Å². The highest BCUT2D eigenvalue weighted by atomic mass is 79.9. The number of halogens is 2. The minimum Gasteiger partial charge on any atom is -0.496 e. The van der Waals surface area contributed by atoms with E-state index in [1.165, 1.54) is 19.2 Å². The lowest BCUT2D eigenvalue weighted by Gasteiger charge is -2.16. The number of methoxy groups -OCH3 is 1. The van der Waals surface area contributed by atoms with E-state index in [4.69, 9.17) is 9.47 Å². The third kappa shape index (κ3) is 3.29. The molecule has 0 fully saturated rings. The van der Waals surface area contributed by atoms with Gasteiger partial charge in [0.2, 0.25) is 0 Å². The van der Waals surface area contributed by atoms with Crippen molar-refractivity contribution in [3.8, 4) is 17.2 Å². The molecule has 1 unspecified atom stereocenters. The Morgan fingerprint density at radius 1 is 1.20 bits per heavy atom. The first-order chi connectivity index (χ1) is 9.51. The van der Waals surface area contributed by atoms with E-state index in [-0.39, 0.29) is 0 Å². The first-order valence-electron chi connectivity index (χ1n) is 6.00. The van der Waals surface area contributed by atoms with E-state index in [1.54, 1.807) is 31.2 Å². The van der Waals surface area contributed by atoms with Crippen LogP contribution in [0.25, 0.3) is 0 Å². The van der Waals surface area contributed by atoms with Crippen molar-refractivity contribution < 1.29 is 19.0 Å². The number of rotatable bonds is 4.